The zero-order valence-corrected chi connectivity index (χ0v) is 13.1. The van der Waals surface area contributed by atoms with E-state index in [1.54, 1.807) is 0 Å². The molecule has 19 heavy (non-hydrogen) atoms. The Kier molecular flexibility index (Phi) is 6.36. The van der Waals surface area contributed by atoms with Crippen LogP contribution in [0.15, 0.2) is 18.2 Å². The van der Waals surface area contributed by atoms with Gasteiger partial charge in [-0.05, 0) is 42.9 Å². The van der Waals surface area contributed by atoms with Crippen LogP contribution in [-0.2, 0) is 0 Å². The highest BCUT2D eigenvalue weighted by molar-refractivity contribution is 5.38. The molecule has 108 valence electrons. The highest BCUT2D eigenvalue weighted by Crippen LogP contribution is 2.26. The molecule has 2 nitrogen and oxygen atoms in total. The molecular weight excluding hydrogens is 234 g/mol. The first-order chi connectivity index (χ1) is 8.99. The summed E-state index contributed by atoms with van der Waals surface area (Å²) in [6, 6.07) is 6.61. The summed E-state index contributed by atoms with van der Waals surface area (Å²) in [5, 5.41) is 0. The molecular formula is C17H29NO. The van der Waals surface area contributed by atoms with E-state index in [0.717, 1.165) is 25.0 Å². The lowest BCUT2D eigenvalue weighted by molar-refractivity contribution is 0.160. The van der Waals surface area contributed by atoms with Gasteiger partial charge in [-0.3, -0.25) is 0 Å². The zero-order valence-electron chi connectivity index (χ0n) is 13.1. The highest BCUT2D eigenvalue weighted by Gasteiger charge is 2.18. The SMILES string of the molecule is CCCC(N)C(CC)Oc1cc(C(C)C)ccc1C. The zero-order chi connectivity index (χ0) is 14.4. The van der Waals surface area contributed by atoms with Gasteiger partial charge in [0, 0.05) is 6.04 Å². The van der Waals surface area contributed by atoms with Crippen molar-refractivity contribution in [2.24, 2.45) is 5.73 Å². The summed E-state index contributed by atoms with van der Waals surface area (Å²) in [6.45, 7) is 10.8. The summed E-state index contributed by atoms with van der Waals surface area (Å²) >= 11 is 0. The first kappa shape index (κ1) is 16.0. The van der Waals surface area contributed by atoms with E-state index in [9.17, 15) is 0 Å². The Morgan fingerprint density at radius 3 is 2.42 bits per heavy atom. The molecule has 0 radical (unpaired) electrons. The molecule has 0 bridgehead atoms. The fraction of sp³-hybridized carbons (Fsp3) is 0.647. The Morgan fingerprint density at radius 2 is 1.89 bits per heavy atom. The molecule has 2 atom stereocenters. The molecule has 0 fully saturated rings. The van der Waals surface area contributed by atoms with Crippen LogP contribution in [0.1, 0.15) is 64.0 Å². The summed E-state index contributed by atoms with van der Waals surface area (Å²) < 4.78 is 6.17. The average Bonchev–Trinajstić information content (AvgIpc) is 2.37. The van der Waals surface area contributed by atoms with E-state index in [0.29, 0.717) is 5.92 Å². The van der Waals surface area contributed by atoms with Crippen molar-refractivity contribution in [1.82, 2.24) is 0 Å². The van der Waals surface area contributed by atoms with Gasteiger partial charge in [-0.2, -0.15) is 0 Å². The van der Waals surface area contributed by atoms with E-state index in [4.69, 9.17) is 10.5 Å². The lowest BCUT2D eigenvalue weighted by atomic mass is 10.0. The molecule has 0 saturated carbocycles. The van der Waals surface area contributed by atoms with E-state index >= 15 is 0 Å². The van der Waals surface area contributed by atoms with Gasteiger partial charge >= 0.3 is 0 Å². The molecule has 1 rings (SSSR count). The predicted molar refractivity (Wildman–Crippen MR) is 82.9 cm³/mol. The second-order valence-corrected chi connectivity index (χ2v) is 5.70. The van der Waals surface area contributed by atoms with Gasteiger partial charge in [0.1, 0.15) is 11.9 Å². The van der Waals surface area contributed by atoms with E-state index < -0.39 is 0 Å². The first-order valence-electron chi connectivity index (χ1n) is 7.52. The molecule has 2 N–H and O–H groups in total. The maximum absolute atomic E-state index is 6.21. The van der Waals surface area contributed by atoms with Crippen molar-refractivity contribution in [2.45, 2.75) is 71.9 Å². The van der Waals surface area contributed by atoms with E-state index in [2.05, 4.69) is 52.8 Å². The van der Waals surface area contributed by atoms with Crippen molar-refractivity contribution < 1.29 is 4.74 Å². The van der Waals surface area contributed by atoms with Crippen molar-refractivity contribution in [1.29, 1.82) is 0 Å². The normalized spacial score (nSPS) is 14.5. The minimum absolute atomic E-state index is 0.112. The van der Waals surface area contributed by atoms with Crippen LogP contribution in [0.3, 0.4) is 0 Å². The monoisotopic (exact) mass is 263 g/mol. The van der Waals surface area contributed by atoms with Gasteiger partial charge in [0.25, 0.3) is 0 Å². The van der Waals surface area contributed by atoms with Crippen LogP contribution in [0, 0.1) is 6.92 Å². The molecule has 1 aromatic carbocycles. The van der Waals surface area contributed by atoms with Crippen molar-refractivity contribution in [2.75, 3.05) is 0 Å². The van der Waals surface area contributed by atoms with Gasteiger partial charge in [-0.25, -0.2) is 0 Å². The molecule has 0 saturated heterocycles. The summed E-state index contributed by atoms with van der Waals surface area (Å²) in [4.78, 5) is 0. The average molecular weight is 263 g/mol. The number of benzene rings is 1. The Bertz CT molecular complexity index is 387. The molecule has 1 aromatic rings. The Morgan fingerprint density at radius 1 is 1.21 bits per heavy atom. The van der Waals surface area contributed by atoms with E-state index in [-0.39, 0.29) is 12.1 Å². The molecule has 0 aliphatic heterocycles. The van der Waals surface area contributed by atoms with Crippen LogP contribution in [0.2, 0.25) is 0 Å². The van der Waals surface area contributed by atoms with E-state index in [1.807, 2.05) is 0 Å². The Hall–Kier alpha value is -1.02. The van der Waals surface area contributed by atoms with Crippen LogP contribution in [-0.4, -0.2) is 12.1 Å². The summed E-state index contributed by atoms with van der Waals surface area (Å²) in [5.74, 6) is 1.51. The highest BCUT2D eigenvalue weighted by atomic mass is 16.5. The van der Waals surface area contributed by atoms with E-state index in [1.165, 1.54) is 11.1 Å². The molecule has 2 unspecified atom stereocenters. The van der Waals surface area contributed by atoms with Crippen LogP contribution < -0.4 is 10.5 Å². The number of ether oxygens (including phenoxy) is 1. The fourth-order valence-electron chi connectivity index (χ4n) is 2.26. The van der Waals surface area contributed by atoms with Crippen LogP contribution in [0.4, 0.5) is 0 Å². The van der Waals surface area contributed by atoms with Crippen molar-refractivity contribution in [3.05, 3.63) is 29.3 Å². The van der Waals surface area contributed by atoms with Crippen LogP contribution in [0.25, 0.3) is 0 Å². The lowest BCUT2D eigenvalue weighted by Crippen LogP contribution is -2.38. The summed E-state index contributed by atoms with van der Waals surface area (Å²) in [6.07, 6.45) is 3.18. The van der Waals surface area contributed by atoms with Gasteiger partial charge < -0.3 is 10.5 Å². The largest absolute Gasteiger partial charge is 0.489 e. The van der Waals surface area contributed by atoms with Gasteiger partial charge in [0.05, 0.1) is 0 Å². The summed E-state index contributed by atoms with van der Waals surface area (Å²) in [5.41, 5.74) is 8.72. The van der Waals surface area contributed by atoms with Crippen LogP contribution >= 0.6 is 0 Å². The molecule has 0 amide bonds. The van der Waals surface area contributed by atoms with Crippen molar-refractivity contribution in [3.8, 4) is 5.75 Å². The number of rotatable bonds is 7. The van der Waals surface area contributed by atoms with Gasteiger partial charge in [-0.1, -0.05) is 46.2 Å². The third-order valence-corrected chi connectivity index (χ3v) is 3.66. The fourth-order valence-corrected chi connectivity index (χ4v) is 2.26. The van der Waals surface area contributed by atoms with Gasteiger partial charge in [-0.15, -0.1) is 0 Å². The maximum Gasteiger partial charge on any atom is 0.122 e. The molecule has 0 aliphatic rings. The topological polar surface area (TPSA) is 35.2 Å². The number of hydrogen-bond acceptors (Lipinski definition) is 2. The molecule has 0 spiro atoms. The minimum atomic E-state index is 0.112. The summed E-state index contributed by atoms with van der Waals surface area (Å²) in [7, 11) is 0. The molecule has 0 aliphatic carbocycles. The lowest BCUT2D eigenvalue weighted by Gasteiger charge is -2.25. The molecule has 0 aromatic heterocycles. The third-order valence-electron chi connectivity index (χ3n) is 3.66. The smallest absolute Gasteiger partial charge is 0.122 e. The Labute approximate surface area is 118 Å². The second kappa shape index (κ2) is 7.54. The second-order valence-electron chi connectivity index (χ2n) is 5.70. The Balaban J connectivity index is 2.86. The minimum Gasteiger partial charge on any atom is -0.489 e. The number of aryl methyl sites for hydroxylation is 1. The molecule has 2 heteroatoms. The predicted octanol–water partition coefficient (Wildman–Crippen LogP) is 4.40. The van der Waals surface area contributed by atoms with Gasteiger partial charge in [0.2, 0.25) is 0 Å². The van der Waals surface area contributed by atoms with Crippen molar-refractivity contribution >= 4 is 0 Å². The van der Waals surface area contributed by atoms with Gasteiger partial charge in [0.15, 0.2) is 0 Å². The van der Waals surface area contributed by atoms with Crippen LogP contribution in [0.5, 0.6) is 5.75 Å². The first-order valence-corrected chi connectivity index (χ1v) is 7.52. The quantitative estimate of drug-likeness (QED) is 0.791. The number of nitrogens with two attached hydrogens (primary N) is 1. The van der Waals surface area contributed by atoms with Crippen molar-refractivity contribution in [3.63, 3.8) is 0 Å². The molecule has 0 heterocycles. The maximum atomic E-state index is 6.21. The third kappa shape index (κ3) is 4.54. The standard InChI is InChI=1S/C17H29NO/c1-6-8-15(18)16(7-2)19-17-11-14(12(3)4)10-9-13(17)5/h9-12,15-16H,6-8,18H2,1-5H3. The number of hydrogen-bond donors (Lipinski definition) is 1.